The lowest BCUT2D eigenvalue weighted by atomic mass is 10.1. The van der Waals surface area contributed by atoms with Gasteiger partial charge in [-0.05, 0) is 0 Å². The predicted molar refractivity (Wildman–Crippen MR) is 58.1 cm³/mol. The van der Waals surface area contributed by atoms with Crippen LogP contribution in [0.15, 0.2) is 0 Å². The number of carbonyl (C=O) groups excluding carboxylic acids is 2. The van der Waals surface area contributed by atoms with Crippen molar-refractivity contribution in [1.29, 1.82) is 0 Å². The second-order valence-corrected chi connectivity index (χ2v) is 4.46. The molecule has 1 aliphatic heterocycles. The minimum atomic E-state index is -4.71. The van der Waals surface area contributed by atoms with Crippen LogP contribution in [0.5, 0.6) is 0 Å². The van der Waals surface area contributed by atoms with Crippen molar-refractivity contribution in [2.75, 3.05) is 32.7 Å². The van der Waals surface area contributed by atoms with Crippen molar-refractivity contribution in [3.8, 4) is 0 Å². The normalized spacial score (nSPS) is 20.6. The molecule has 0 saturated carbocycles. The van der Waals surface area contributed by atoms with Crippen LogP contribution in [0.4, 0.5) is 26.3 Å². The van der Waals surface area contributed by atoms with E-state index in [9.17, 15) is 35.9 Å². The van der Waals surface area contributed by atoms with Crippen molar-refractivity contribution < 1.29 is 35.9 Å². The fourth-order valence-electron chi connectivity index (χ4n) is 1.86. The summed E-state index contributed by atoms with van der Waals surface area (Å²) in [5.74, 6) is -0.876. The SMILES string of the molecule is O=CN1CCN(C(=O)CNCC(F)(F)F)CC1C(F)(F)F. The van der Waals surface area contributed by atoms with Crippen molar-refractivity contribution in [2.24, 2.45) is 0 Å². The van der Waals surface area contributed by atoms with Gasteiger partial charge in [0, 0.05) is 13.1 Å². The molecule has 1 saturated heterocycles. The van der Waals surface area contributed by atoms with Crippen LogP contribution in [-0.4, -0.2) is 73.2 Å². The van der Waals surface area contributed by atoms with E-state index in [0.717, 1.165) is 4.90 Å². The minimum absolute atomic E-state index is 0.0435. The molecule has 0 radical (unpaired) electrons. The summed E-state index contributed by atoms with van der Waals surface area (Å²) in [4.78, 5) is 23.4. The molecular weight excluding hydrogens is 308 g/mol. The monoisotopic (exact) mass is 321 g/mol. The van der Waals surface area contributed by atoms with E-state index in [2.05, 4.69) is 0 Å². The van der Waals surface area contributed by atoms with Crippen LogP contribution >= 0.6 is 0 Å². The molecule has 1 unspecified atom stereocenters. The quantitative estimate of drug-likeness (QED) is 0.601. The van der Waals surface area contributed by atoms with Gasteiger partial charge in [0.05, 0.1) is 19.6 Å². The van der Waals surface area contributed by atoms with Crippen molar-refractivity contribution in [2.45, 2.75) is 18.4 Å². The summed E-state index contributed by atoms with van der Waals surface area (Å²) in [5, 5.41) is 1.82. The van der Waals surface area contributed by atoms with Gasteiger partial charge >= 0.3 is 12.4 Å². The smallest absolute Gasteiger partial charge is 0.337 e. The lowest BCUT2D eigenvalue weighted by molar-refractivity contribution is -0.197. The molecule has 1 aliphatic rings. The van der Waals surface area contributed by atoms with E-state index in [1.807, 2.05) is 5.32 Å². The van der Waals surface area contributed by atoms with Crippen LogP contribution in [0.2, 0.25) is 0 Å². The Hall–Kier alpha value is -1.52. The van der Waals surface area contributed by atoms with Crippen LogP contribution in [0, 0.1) is 0 Å². The number of hydrogen-bond donors (Lipinski definition) is 1. The Morgan fingerprint density at radius 2 is 1.81 bits per heavy atom. The topological polar surface area (TPSA) is 52.7 Å². The first kappa shape index (κ1) is 17.5. The number of nitrogens with zero attached hydrogens (tertiary/aromatic N) is 2. The fraction of sp³-hybridized carbons (Fsp3) is 0.800. The van der Waals surface area contributed by atoms with E-state index in [-0.39, 0.29) is 19.5 Å². The molecule has 11 heteroatoms. The molecule has 122 valence electrons. The highest BCUT2D eigenvalue weighted by atomic mass is 19.4. The van der Waals surface area contributed by atoms with Crippen LogP contribution in [0.25, 0.3) is 0 Å². The Labute approximate surface area is 115 Å². The zero-order valence-electron chi connectivity index (χ0n) is 10.7. The number of hydrogen-bond acceptors (Lipinski definition) is 3. The molecular formula is C10H13F6N3O2. The number of nitrogens with one attached hydrogen (secondary N) is 1. The zero-order chi connectivity index (χ0) is 16.3. The summed E-state index contributed by atoms with van der Waals surface area (Å²) >= 11 is 0. The number of amides is 2. The molecule has 1 N–H and O–H groups in total. The number of alkyl halides is 6. The number of carbonyl (C=O) groups is 2. The minimum Gasteiger partial charge on any atom is -0.337 e. The van der Waals surface area contributed by atoms with E-state index in [1.165, 1.54) is 0 Å². The van der Waals surface area contributed by atoms with E-state index >= 15 is 0 Å². The van der Waals surface area contributed by atoms with E-state index < -0.39 is 43.9 Å². The molecule has 1 heterocycles. The standard InChI is InChI=1S/C10H13F6N3O2/c11-9(12,13)5-17-3-8(21)18-1-2-19(6-20)7(4-18)10(14,15)16/h6-7,17H,1-5H2. The van der Waals surface area contributed by atoms with Crippen molar-refractivity contribution in [3.05, 3.63) is 0 Å². The van der Waals surface area contributed by atoms with Gasteiger partial charge in [0.1, 0.15) is 6.04 Å². The summed E-state index contributed by atoms with van der Waals surface area (Å²) in [6.45, 7) is -3.38. The first-order chi connectivity index (χ1) is 9.54. The van der Waals surface area contributed by atoms with Gasteiger partial charge in [-0.25, -0.2) is 0 Å². The highest BCUT2D eigenvalue weighted by Crippen LogP contribution is 2.27. The average molecular weight is 321 g/mol. The number of halogens is 6. The van der Waals surface area contributed by atoms with Gasteiger partial charge in [-0.2, -0.15) is 26.3 Å². The second kappa shape index (κ2) is 6.50. The Kier molecular flexibility index (Phi) is 5.42. The van der Waals surface area contributed by atoms with Gasteiger partial charge in [0.2, 0.25) is 12.3 Å². The van der Waals surface area contributed by atoms with Gasteiger partial charge in [-0.3, -0.25) is 9.59 Å². The van der Waals surface area contributed by atoms with Crippen molar-refractivity contribution >= 4 is 12.3 Å². The maximum Gasteiger partial charge on any atom is 0.410 e. The summed E-state index contributed by atoms with van der Waals surface area (Å²) < 4.78 is 73.8. The third-order valence-corrected chi connectivity index (χ3v) is 2.89. The van der Waals surface area contributed by atoms with Crippen molar-refractivity contribution in [1.82, 2.24) is 15.1 Å². The van der Waals surface area contributed by atoms with E-state index in [1.54, 1.807) is 0 Å². The summed E-state index contributed by atoms with van der Waals surface area (Å²) in [6, 6.07) is -2.14. The lowest BCUT2D eigenvalue weighted by Gasteiger charge is -2.40. The molecule has 1 fully saturated rings. The van der Waals surface area contributed by atoms with Crippen LogP contribution in [-0.2, 0) is 9.59 Å². The van der Waals surface area contributed by atoms with Crippen LogP contribution < -0.4 is 5.32 Å². The maximum absolute atomic E-state index is 12.7. The van der Waals surface area contributed by atoms with Gasteiger partial charge in [-0.1, -0.05) is 0 Å². The Morgan fingerprint density at radius 1 is 1.19 bits per heavy atom. The summed E-state index contributed by atoms with van der Waals surface area (Å²) in [6.07, 6.45) is -9.17. The molecule has 5 nitrogen and oxygen atoms in total. The molecule has 21 heavy (non-hydrogen) atoms. The van der Waals surface area contributed by atoms with E-state index in [0.29, 0.717) is 4.90 Å². The zero-order valence-corrected chi connectivity index (χ0v) is 10.7. The highest BCUT2D eigenvalue weighted by molar-refractivity contribution is 5.78. The molecule has 0 spiro atoms. The third kappa shape index (κ3) is 5.40. The van der Waals surface area contributed by atoms with Gasteiger partial charge in [0.15, 0.2) is 0 Å². The molecule has 2 amide bonds. The molecule has 0 aromatic heterocycles. The lowest BCUT2D eigenvalue weighted by Crippen LogP contribution is -2.60. The average Bonchev–Trinajstić information content (AvgIpc) is 2.35. The Morgan fingerprint density at radius 3 is 2.29 bits per heavy atom. The van der Waals surface area contributed by atoms with Gasteiger partial charge in [-0.15, -0.1) is 0 Å². The molecule has 0 aliphatic carbocycles. The number of rotatable bonds is 4. The van der Waals surface area contributed by atoms with Crippen LogP contribution in [0.3, 0.4) is 0 Å². The molecule has 0 aromatic rings. The molecule has 0 aromatic carbocycles. The predicted octanol–water partition coefficient (Wildman–Crippen LogP) is 0.370. The maximum atomic E-state index is 12.7. The Bertz CT molecular complexity index is 384. The first-order valence-electron chi connectivity index (χ1n) is 5.87. The summed E-state index contributed by atoms with van der Waals surface area (Å²) in [5.41, 5.74) is 0. The Balaban J connectivity index is 2.56. The highest BCUT2D eigenvalue weighted by Gasteiger charge is 2.47. The molecule has 1 atom stereocenters. The van der Waals surface area contributed by atoms with Crippen molar-refractivity contribution in [3.63, 3.8) is 0 Å². The first-order valence-corrected chi connectivity index (χ1v) is 5.87. The van der Waals surface area contributed by atoms with Crippen LogP contribution in [0.1, 0.15) is 0 Å². The van der Waals surface area contributed by atoms with E-state index in [4.69, 9.17) is 0 Å². The largest absolute Gasteiger partial charge is 0.410 e. The third-order valence-electron chi connectivity index (χ3n) is 2.89. The fourth-order valence-corrected chi connectivity index (χ4v) is 1.86. The van der Waals surface area contributed by atoms with Gasteiger partial charge < -0.3 is 15.1 Å². The van der Waals surface area contributed by atoms with Gasteiger partial charge in [0.25, 0.3) is 0 Å². The molecule has 0 bridgehead atoms. The molecule has 1 rings (SSSR count). The second-order valence-electron chi connectivity index (χ2n) is 4.46. The summed E-state index contributed by atoms with van der Waals surface area (Å²) in [7, 11) is 0. The number of piperazine rings is 1.